The molecular weight excluding hydrogens is 176 g/mol. The summed E-state index contributed by atoms with van der Waals surface area (Å²) >= 11 is 0. The van der Waals surface area contributed by atoms with Crippen LogP contribution in [0.1, 0.15) is 40.5 Å². The molecule has 0 aromatic carbocycles. The van der Waals surface area contributed by atoms with Crippen LogP contribution in [0.15, 0.2) is 0 Å². The summed E-state index contributed by atoms with van der Waals surface area (Å²) in [5.41, 5.74) is 5.74. The molecule has 0 bridgehead atoms. The van der Waals surface area contributed by atoms with Crippen LogP contribution in [0.3, 0.4) is 0 Å². The van der Waals surface area contributed by atoms with Gasteiger partial charge in [-0.2, -0.15) is 0 Å². The van der Waals surface area contributed by atoms with Crippen molar-refractivity contribution in [1.82, 2.24) is 5.32 Å². The summed E-state index contributed by atoms with van der Waals surface area (Å²) in [6, 6.07) is 0.185. The number of hydrogen-bond donors (Lipinski definition) is 2. The van der Waals surface area contributed by atoms with Crippen molar-refractivity contribution in [2.75, 3.05) is 0 Å². The maximum Gasteiger partial charge on any atom is 0.234 e. The first-order valence-electron chi connectivity index (χ1n) is 5.42. The summed E-state index contributed by atoms with van der Waals surface area (Å²) in [4.78, 5) is 11.2. The fourth-order valence-electron chi connectivity index (χ4n) is 1.70. The average molecular weight is 198 g/mol. The number of amides is 1. The molecule has 1 amide bonds. The Morgan fingerprint density at radius 2 is 1.86 bits per heavy atom. The second-order valence-corrected chi connectivity index (χ2v) is 5.17. The SMILES string of the molecule is CC(C)C(NC(C)C1(C)CC1)C(N)=O. The Labute approximate surface area is 86.4 Å². The van der Waals surface area contributed by atoms with Gasteiger partial charge in [-0.1, -0.05) is 20.8 Å². The zero-order valence-corrected chi connectivity index (χ0v) is 9.63. The van der Waals surface area contributed by atoms with Gasteiger partial charge in [0, 0.05) is 6.04 Å². The predicted octanol–water partition coefficient (Wildman–Crippen LogP) is 1.27. The van der Waals surface area contributed by atoms with Crippen LogP contribution in [-0.4, -0.2) is 18.0 Å². The molecule has 0 heterocycles. The van der Waals surface area contributed by atoms with Crippen molar-refractivity contribution in [3.05, 3.63) is 0 Å². The Bertz CT molecular complexity index is 221. The minimum atomic E-state index is -0.240. The van der Waals surface area contributed by atoms with Gasteiger partial charge in [-0.05, 0) is 31.1 Å². The quantitative estimate of drug-likeness (QED) is 0.699. The van der Waals surface area contributed by atoms with Crippen molar-refractivity contribution in [3.8, 4) is 0 Å². The molecule has 1 aliphatic rings. The average Bonchev–Trinajstić information content (AvgIpc) is 2.79. The molecule has 0 saturated heterocycles. The molecule has 1 saturated carbocycles. The number of nitrogens with one attached hydrogen (secondary N) is 1. The highest BCUT2D eigenvalue weighted by Crippen LogP contribution is 2.48. The first-order valence-corrected chi connectivity index (χ1v) is 5.42. The Balaban J connectivity index is 2.51. The van der Waals surface area contributed by atoms with Crippen molar-refractivity contribution in [2.45, 2.75) is 52.6 Å². The molecule has 0 aromatic heterocycles. The summed E-state index contributed by atoms with van der Waals surface area (Å²) in [5, 5.41) is 3.34. The van der Waals surface area contributed by atoms with Gasteiger partial charge in [0.25, 0.3) is 0 Å². The molecule has 3 heteroatoms. The van der Waals surface area contributed by atoms with E-state index in [0.717, 1.165) is 0 Å². The van der Waals surface area contributed by atoms with Crippen LogP contribution in [0.5, 0.6) is 0 Å². The molecule has 3 nitrogen and oxygen atoms in total. The summed E-state index contributed by atoms with van der Waals surface area (Å²) in [6.45, 7) is 8.43. The maximum atomic E-state index is 11.2. The molecule has 1 fully saturated rings. The monoisotopic (exact) mass is 198 g/mol. The van der Waals surface area contributed by atoms with E-state index in [2.05, 4.69) is 19.2 Å². The lowest BCUT2D eigenvalue weighted by molar-refractivity contribution is -0.121. The molecule has 1 aliphatic carbocycles. The minimum Gasteiger partial charge on any atom is -0.368 e. The molecule has 2 unspecified atom stereocenters. The van der Waals surface area contributed by atoms with Crippen LogP contribution in [0.2, 0.25) is 0 Å². The third-order valence-corrected chi connectivity index (χ3v) is 3.49. The van der Waals surface area contributed by atoms with Crippen LogP contribution >= 0.6 is 0 Å². The lowest BCUT2D eigenvalue weighted by Gasteiger charge is -2.27. The smallest absolute Gasteiger partial charge is 0.234 e. The Morgan fingerprint density at radius 1 is 1.36 bits per heavy atom. The zero-order valence-electron chi connectivity index (χ0n) is 9.63. The lowest BCUT2D eigenvalue weighted by Crippen LogP contribution is -2.50. The van der Waals surface area contributed by atoms with E-state index in [1.165, 1.54) is 12.8 Å². The molecule has 0 aliphatic heterocycles. The van der Waals surface area contributed by atoms with Gasteiger partial charge in [0.1, 0.15) is 0 Å². The summed E-state index contributed by atoms with van der Waals surface area (Å²) < 4.78 is 0. The largest absolute Gasteiger partial charge is 0.368 e. The van der Waals surface area contributed by atoms with Crippen LogP contribution < -0.4 is 11.1 Å². The Morgan fingerprint density at radius 3 is 2.14 bits per heavy atom. The molecule has 3 N–H and O–H groups in total. The molecule has 0 aromatic rings. The number of primary amides is 1. The summed E-state index contributed by atoms with van der Waals surface area (Å²) in [5.74, 6) is 0.0217. The van der Waals surface area contributed by atoms with Gasteiger partial charge in [0.2, 0.25) is 5.91 Å². The number of carbonyl (C=O) groups excluding carboxylic acids is 1. The predicted molar refractivity (Wildman–Crippen MR) is 57.8 cm³/mol. The van der Waals surface area contributed by atoms with Crippen molar-refractivity contribution < 1.29 is 4.79 Å². The first-order chi connectivity index (χ1) is 6.37. The Kier molecular flexibility index (Phi) is 3.20. The summed E-state index contributed by atoms with van der Waals surface area (Å²) in [6.07, 6.45) is 2.51. The van der Waals surface area contributed by atoms with E-state index < -0.39 is 0 Å². The van der Waals surface area contributed by atoms with E-state index in [1.807, 2.05) is 13.8 Å². The normalized spacial score (nSPS) is 23.2. The van der Waals surface area contributed by atoms with Crippen LogP contribution in [0.4, 0.5) is 0 Å². The van der Waals surface area contributed by atoms with Gasteiger partial charge in [0.15, 0.2) is 0 Å². The van der Waals surface area contributed by atoms with Crippen LogP contribution in [0, 0.1) is 11.3 Å². The van der Waals surface area contributed by atoms with E-state index in [0.29, 0.717) is 11.5 Å². The second kappa shape index (κ2) is 3.89. The number of hydrogen-bond acceptors (Lipinski definition) is 2. The highest BCUT2D eigenvalue weighted by atomic mass is 16.1. The topological polar surface area (TPSA) is 55.1 Å². The van der Waals surface area contributed by atoms with E-state index in [-0.39, 0.29) is 17.9 Å². The second-order valence-electron chi connectivity index (χ2n) is 5.17. The van der Waals surface area contributed by atoms with Crippen LogP contribution in [-0.2, 0) is 4.79 Å². The van der Waals surface area contributed by atoms with Crippen molar-refractivity contribution in [2.24, 2.45) is 17.1 Å². The molecular formula is C11H22N2O. The summed E-state index contributed by atoms with van der Waals surface area (Å²) in [7, 11) is 0. The zero-order chi connectivity index (χ0) is 10.9. The van der Waals surface area contributed by atoms with Gasteiger partial charge in [-0.3, -0.25) is 4.79 Å². The van der Waals surface area contributed by atoms with Gasteiger partial charge in [-0.25, -0.2) is 0 Å². The third-order valence-electron chi connectivity index (χ3n) is 3.49. The van der Waals surface area contributed by atoms with E-state index in [1.54, 1.807) is 0 Å². The van der Waals surface area contributed by atoms with Gasteiger partial charge in [0.05, 0.1) is 6.04 Å². The van der Waals surface area contributed by atoms with Crippen molar-refractivity contribution in [3.63, 3.8) is 0 Å². The molecule has 0 spiro atoms. The maximum absolute atomic E-state index is 11.2. The molecule has 1 rings (SSSR count). The Hall–Kier alpha value is -0.570. The lowest BCUT2D eigenvalue weighted by atomic mass is 9.96. The molecule has 82 valence electrons. The fraction of sp³-hybridized carbons (Fsp3) is 0.909. The van der Waals surface area contributed by atoms with Crippen molar-refractivity contribution >= 4 is 5.91 Å². The van der Waals surface area contributed by atoms with E-state index in [9.17, 15) is 4.79 Å². The minimum absolute atomic E-state index is 0.192. The van der Waals surface area contributed by atoms with Crippen molar-refractivity contribution in [1.29, 1.82) is 0 Å². The molecule has 14 heavy (non-hydrogen) atoms. The third kappa shape index (κ3) is 2.47. The highest BCUT2D eigenvalue weighted by molar-refractivity contribution is 5.80. The van der Waals surface area contributed by atoms with Gasteiger partial charge >= 0.3 is 0 Å². The molecule has 0 radical (unpaired) electrons. The number of nitrogens with two attached hydrogens (primary N) is 1. The first kappa shape index (κ1) is 11.5. The molecule has 2 atom stereocenters. The standard InChI is InChI=1S/C11H22N2O/c1-7(2)9(10(12)14)13-8(3)11(4)5-6-11/h7-9,13H,5-6H2,1-4H3,(H2,12,14). The van der Waals surface area contributed by atoms with E-state index >= 15 is 0 Å². The van der Waals surface area contributed by atoms with E-state index in [4.69, 9.17) is 5.73 Å². The number of rotatable bonds is 5. The fourth-order valence-corrected chi connectivity index (χ4v) is 1.70. The highest BCUT2D eigenvalue weighted by Gasteiger charge is 2.43. The van der Waals surface area contributed by atoms with Gasteiger partial charge in [-0.15, -0.1) is 0 Å². The van der Waals surface area contributed by atoms with Gasteiger partial charge < -0.3 is 11.1 Å². The van der Waals surface area contributed by atoms with Crippen LogP contribution in [0.25, 0.3) is 0 Å². The number of carbonyl (C=O) groups is 1.